The summed E-state index contributed by atoms with van der Waals surface area (Å²) in [5.74, 6) is 0.564. The average Bonchev–Trinajstić information content (AvgIpc) is 2.59. The van der Waals surface area contributed by atoms with Crippen LogP contribution in [0.1, 0.15) is 16.7 Å². The zero-order valence-corrected chi connectivity index (χ0v) is 9.01. The molecule has 0 amide bonds. The Morgan fingerprint density at radius 2 is 2.06 bits per heavy atom. The normalized spacial score (nSPS) is 10.0. The number of hydrogen-bond acceptors (Lipinski definition) is 3. The van der Waals surface area contributed by atoms with Crippen molar-refractivity contribution in [1.82, 2.24) is 9.78 Å². The summed E-state index contributed by atoms with van der Waals surface area (Å²) in [4.78, 5) is 0. The van der Waals surface area contributed by atoms with E-state index in [-0.39, 0.29) is 0 Å². The highest BCUT2D eigenvalue weighted by atomic mass is 15.3. The molecule has 1 aromatic heterocycles. The van der Waals surface area contributed by atoms with E-state index in [0.717, 1.165) is 11.1 Å². The van der Waals surface area contributed by atoms with Crippen molar-refractivity contribution >= 4 is 5.82 Å². The van der Waals surface area contributed by atoms with Crippen LogP contribution in [0.15, 0.2) is 30.5 Å². The molecule has 0 radical (unpaired) electrons. The molecule has 0 aliphatic rings. The second-order valence-electron chi connectivity index (χ2n) is 3.70. The van der Waals surface area contributed by atoms with E-state index < -0.39 is 0 Å². The molecule has 0 bridgehead atoms. The summed E-state index contributed by atoms with van der Waals surface area (Å²) in [5, 5.41) is 12.9. The Kier molecular flexibility index (Phi) is 2.61. The highest BCUT2D eigenvalue weighted by Gasteiger charge is 2.01. The summed E-state index contributed by atoms with van der Waals surface area (Å²) < 4.78 is 1.80. The van der Waals surface area contributed by atoms with Crippen LogP contribution in [0.2, 0.25) is 0 Å². The Labute approximate surface area is 93.9 Å². The van der Waals surface area contributed by atoms with E-state index in [1.54, 1.807) is 16.8 Å². The van der Waals surface area contributed by atoms with E-state index in [1.165, 1.54) is 0 Å². The number of nitrogen functional groups attached to an aromatic ring is 1. The molecule has 0 saturated heterocycles. The summed E-state index contributed by atoms with van der Waals surface area (Å²) >= 11 is 0. The molecule has 0 unspecified atom stereocenters. The Morgan fingerprint density at radius 3 is 2.56 bits per heavy atom. The first-order valence-electron chi connectivity index (χ1n) is 4.97. The Hall–Kier alpha value is -2.28. The second-order valence-corrected chi connectivity index (χ2v) is 3.70. The van der Waals surface area contributed by atoms with Gasteiger partial charge in [0.1, 0.15) is 5.82 Å². The Morgan fingerprint density at radius 1 is 1.38 bits per heavy atom. The lowest BCUT2D eigenvalue weighted by Crippen LogP contribution is -2.00. The minimum atomic E-state index is 0.564. The summed E-state index contributed by atoms with van der Waals surface area (Å²) in [6, 6.07) is 9.53. The van der Waals surface area contributed by atoms with Crippen molar-refractivity contribution in [3.8, 4) is 6.07 Å². The van der Waals surface area contributed by atoms with Crippen molar-refractivity contribution in [2.45, 2.75) is 13.5 Å². The number of nitrogens with zero attached hydrogens (tertiary/aromatic N) is 3. The van der Waals surface area contributed by atoms with E-state index >= 15 is 0 Å². The van der Waals surface area contributed by atoms with Gasteiger partial charge in [0.05, 0.1) is 18.2 Å². The summed E-state index contributed by atoms with van der Waals surface area (Å²) in [6.45, 7) is 2.60. The first-order valence-corrected chi connectivity index (χ1v) is 4.97. The fourth-order valence-corrected chi connectivity index (χ4v) is 1.49. The molecule has 2 aromatic rings. The van der Waals surface area contributed by atoms with Crippen molar-refractivity contribution in [3.05, 3.63) is 47.2 Å². The summed E-state index contributed by atoms with van der Waals surface area (Å²) in [6.07, 6.45) is 1.91. The number of anilines is 1. The van der Waals surface area contributed by atoms with Crippen molar-refractivity contribution in [1.29, 1.82) is 5.26 Å². The van der Waals surface area contributed by atoms with Crippen molar-refractivity contribution in [3.63, 3.8) is 0 Å². The van der Waals surface area contributed by atoms with Gasteiger partial charge in [-0.15, -0.1) is 0 Å². The number of aryl methyl sites for hydroxylation is 1. The Bertz CT molecular complexity index is 512. The standard InChI is InChI=1S/C12H12N4/c1-9-7-16(15-12(9)14)8-11-4-2-10(6-13)3-5-11/h2-5,7H,8H2,1H3,(H2,14,15). The van der Waals surface area contributed by atoms with E-state index in [0.29, 0.717) is 17.9 Å². The van der Waals surface area contributed by atoms with Crippen molar-refractivity contribution in [2.24, 2.45) is 0 Å². The van der Waals surface area contributed by atoms with E-state index in [1.807, 2.05) is 25.3 Å². The topological polar surface area (TPSA) is 67.6 Å². The maximum atomic E-state index is 8.67. The molecule has 0 fully saturated rings. The monoisotopic (exact) mass is 212 g/mol. The zero-order chi connectivity index (χ0) is 11.5. The number of benzene rings is 1. The highest BCUT2D eigenvalue weighted by molar-refractivity contribution is 5.36. The molecule has 4 nitrogen and oxygen atoms in total. The fraction of sp³-hybridized carbons (Fsp3) is 0.167. The molecule has 0 saturated carbocycles. The summed E-state index contributed by atoms with van der Waals surface area (Å²) in [5.41, 5.74) is 8.41. The molecule has 0 aliphatic carbocycles. The zero-order valence-electron chi connectivity index (χ0n) is 9.01. The third kappa shape index (κ3) is 2.04. The molecular formula is C12H12N4. The lowest BCUT2D eigenvalue weighted by atomic mass is 10.1. The fourth-order valence-electron chi connectivity index (χ4n) is 1.49. The van der Waals surface area contributed by atoms with Gasteiger partial charge in [0.25, 0.3) is 0 Å². The number of aromatic nitrogens is 2. The lowest BCUT2D eigenvalue weighted by molar-refractivity contribution is 0.689. The van der Waals surface area contributed by atoms with Crippen LogP contribution in [-0.4, -0.2) is 9.78 Å². The molecule has 2 N–H and O–H groups in total. The largest absolute Gasteiger partial charge is 0.382 e. The van der Waals surface area contributed by atoms with Crippen LogP contribution in [0, 0.1) is 18.3 Å². The number of nitriles is 1. The lowest BCUT2D eigenvalue weighted by Gasteiger charge is -2.01. The molecule has 4 heteroatoms. The number of rotatable bonds is 2. The van der Waals surface area contributed by atoms with E-state index in [4.69, 9.17) is 11.0 Å². The first-order chi connectivity index (χ1) is 7.69. The maximum absolute atomic E-state index is 8.67. The second kappa shape index (κ2) is 4.07. The molecule has 0 atom stereocenters. The quantitative estimate of drug-likeness (QED) is 0.823. The van der Waals surface area contributed by atoms with Gasteiger partial charge >= 0.3 is 0 Å². The summed E-state index contributed by atoms with van der Waals surface area (Å²) in [7, 11) is 0. The predicted octanol–water partition coefficient (Wildman–Crippen LogP) is 1.69. The van der Waals surface area contributed by atoms with Crippen LogP contribution in [0.3, 0.4) is 0 Å². The minimum Gasteiger partial charge on any atom is -0.382 e. The SMILES string of the molecule is Cc1cn(Cc2ccc(C#N)cc2)nc1N. The third-order valence-corrected chi connectivity index (χ3v) is 2.41. The van der Waals surface area contributed by atoms with Crippen LogP contribution in [-0.2, 0) is 6.54 Å². The van der Waals surface area contributed by atoms with Crippen LogP contribution < -0.4 is 5.73 Å². The minimum absolute atomic E-state index is 0.564. The third-order valence-electron chi connectivity index (χ3n) is 2.41. The van der Waals surface area contributed by atoms with Gasteiger partial charge in [-0.3, -0.25) is 4.68 Å². The van der Waals surface area contributed by atoms with Gasteiger partial charge in [0.15, 0.2) is 0 Å². The van der Waals surface area contributed by atoms with Crippen molar-refractivity contribution in [2.75, 3.05) is 5.73 Å². The maximum Gasteiger partial charge on any atom is 0.148 e. The smallest absolute Gasteiger partial charge is 0.148 e. The first kappa shape index (κ1) is 10.2. The highest BCUT2D eigenvalue weighted by Crippen LogP contribution is 2.09. The molecule has 2 rings (SSSR count). The van der Waals surface area contributed by atoms with Crippen LogP contribution >= 0.6 is 0 Å². The Balaban J connectivity index is 2.18. The van der Waals surface area contributed by atoms with Gasteiger partial charge in [-0.05, 0) is 24.6 Å². The van der Waals surface area contributed by atoms with Gasteiger partial charge in [-0.2, -0.15) is 10.4 Å². The van der Waals surface area contributed by atoms with Crippen LogP contribution in [0.4, 0.5) is 5.82 Å². The van der Waals surface area contributed by atoms with E-state index in [2.05, 4.69) is 11.2 Å². The molecule has 1 heterocycles. The van der Waals surface area contributed by atoms with Gasteiger partial charge in [0.2, 0.25) is 0 Å². The number of hydrogen-bond donors (Lipinski definition) is 1. The average molecular weight is 212 g/mol. The van der Waals surface area contributed by atoms with Crippen molar-refractivity contribution < 1.29 is 0 Å². The number of nitrogens with two attached hydrogens (primary N) is 1. The van der Waals surface area contributed by atoms with Gasteiger partial charge < -0.3 is 5.73 Å². The van der Waals surface area contributed by atoms with Gasteiger partial charge in [0, 0.05) is 11.8 Å². The predicted molar refractivity (Wildman–Crippen MR) is 61.6 cm³/mol. The molecular weight excluding hydrogens is 200 g/mol. The molecule has 16 heavy (non-hydrogen) atoms. The molecule has 80 valence electrons. The van der Waals surface area contributed by atoms with Gasteiger partial charge in [-0.25, -0.2) is 0 Å². The molecule has 0 aliphatic heterocycles. The molecule has 1 aromatic carbocycles. The molecule has 0 spiro atoms. The van der Waals surface area contributed by atoms with Crippen LogP contribution in [0.25, 0.3) is 0 Å². The van der Waals surface area contributed by atoms with E-state index in [9.17, 15) is 0 Å². The van der Waals surface area contributed by atoms with Crippen LogP contribution in [0.5, 0.6) is 0 Å². The van der Waals surface area contributed by atoms with Gasteiger partial charge in [-0.1, -0.05) is 12.1 Å².